The number of aldehydes is 1. The lowest BCUT2D eigenvalue weighted by Crippen LogP contribution is -2.02. The summed E-state index contributed by atoms with van der Waals surface area (Å²) >= 11 is 0. The number of benzene rings is 2. The number of unbranched alkanes of at least 4 members (excludes halogenated alkanes) is 3. The van der Waals surface area contributed by atoms with Crippen molar-refractivity contribution in [3.05, 3.63) is 47.5 Å². The monoisotopic (exact) mass is 342 g/mol. The standard InChI is InChI=1S/C21H26O4/c1-4-5-6-7-11-24-21-19(23-3)13-17(15-22)14-20(21)25-18-10-8-9-16(2)12-18/h8-10,12-15H,4-7,11H2,1-3H3. The summed E-state index contributed by atoms with van der Waals surface area (Å²) in [6.07, 6.45) is 5.24. The Labute approximate surface area is 149 Å². The molecule has 2 aromatic rings. The van der Waals surface area contributed by atoms with Gasteiger partial charge in [-0.05, 0) is 43.2 Å². The Hall–Kier alpha value is -2.49. The van der Waals surface area contributed by atoms with Crippen LogP contribution in [-0.2, 0) is 0 Å². The van der Waals surface area contributed by atoms with E-state index in [1.807, 2.05) is 31.2 Å². The smallest absolute Gasteiger partial charge is 0.204 e. The van der Waals surface area contributed by atoms with Crippen molar-refractivity contribution in [2.24, 2.45) is 0 Å². The highest BCUT2D eigenvalue weighted by atomic mass is 16.5. The number of carbonyl (C=O) groups excluding carboxylic acids is 1. The van der Waals surface area contributed by atoms with E-state index in [0.717, 1.165) is 24.7 Å². The Kier molecular flexibility index (Phi) is 7.33. The van der Waals surface area contributed by atoms with Crippen molar-refractivity contribution in [1.29, 1.82) is 0 Å². The van der Waals surface area contributed by atoms with Crippen LogP contribution in [0.2, 0.25) is 0 Å². The van der Waals surface area contributed by atoms with Crippen molar-refractivity contribution in [1.82, 2.24) is 0 Å². The molecular formula is C21H26O4. The van der Waals surface area contributed by atoms with Crippen LogP contribution in [0.4, 0.5) is 0 Å². The molecular weight excluding hydrogens is 316 g/mol. The van der Waals surface area contributed by atoms with Crippen molar-refractivity contribution in [3.8, 4) is 23.0 Å². The maximum absolute atomic E-state index is 11.2. The zero-order valence-electron chi connectivity index (χ0n) is 15.2. The topological polar surface area (TPSA) is 44.8 Å². The summed E-state index contributed by atoms with van der Waals surface area (Å²) in [5.74, 6) is 2.22. The fourth-order valence-corrected chi connectivity index (χ4v) is 2.54. The zero-order chi connectivity index (χ0) is 18.1. The van der Waals surface area contributed by atoms with Crippen LogP contribution >= 0.6 is 0 Å². The molecule has 134 valence electrons. The van der Waals surface area contributed by atoms with Gasteiger partial charge in [0.05, 0.1) is 13.7 Å². The summed E-state index contributed by atoms with van der Waals surface area (Å²) in [5.41, 5.74) is 1.58. The maximum Gasteiger partial charge on any atom is 0.204 e. The first-order chi connectivity index (χ1) is 12.2. The minimum Gasteiger partial charge on any atom is -0.493 e. The third-order valence-corrected chi connectivity index (χ3v) is 3.86. The molecule has 0 N–H and O–H groups in total. The molecule has 0 amide bonds. The second-order valence-electron chi connectivity index (χ2n) is 6.00. The molecule has 0 fully saturated rings. The van der Waals surface area contributed by atoms with Gasteiger partial charge in [-0.15, -0.1) is 0 Å². The molecule has 2 rings (SSSR count). The molecule has 0 saturated carbocycles. The maximum atomic E-state index is 11.2. The number of ether oxygens (including phenoxy) is 3. The van der Waals surface area contributed by atoms with E-state index < -0.39 is 0 Å². The molecule has 25 heavy (non-hydrogen) atoms. The minimum absolute atomic E-state index is 0.484. The van der Waals surface area contributed by atoms with Crippen LogP contribution in [0.15, 0.2) is 36.4 Å². The Bertz CT molecular complexity index is 694. The van der Waals surface area contributed by atoms with E-state index in [1.54, 1.807) is 19.2 Å². The van der Waals surface area contributed by atoms with Gasteiger partial charge in [0, 0.05) is 5.56 Å². The highest BCUT2D eigenvalue weighted by Gasteiger charge is 2.16. The van der Waals surface area contributed by atoms with Crippen LogP contribution in [0.5, 0.6) is 23.0 Å². The van der Waals surface area contributed by atoms with E-state index in [1.165, 1.54) is 12.8 Å². The summed E-state index contributed by atoms with van der Waals surface area (Å²) < 4.78 is 17.3. The highest BCUT2D eigenvalue weighted by Crippen LogP contribution is 2.41. The van der Waals surface area contributed by atoms with Crippen LogP contribution in [-0.4, -0.2) is 20.0 Å². The fourth-order valence-electron chi connectivity index (χ4n) is 2.54. The van der Waals surface area contributed by atoms with Crippen LogP contribution in [0.1, 0.15) is 48.5 Å². The summed E-state index contributed by atoms with van der Waals surface area (Å²) in [5, 5.41) is 0. The molecule has 0 radical (unpaired) electrons. The summed E-state index contributed by atoms with van der Waals surface area (Å²) in [4.78, 5) is 11.2. The molecule has 0 saturated heterocycles. The summed E-state index contributed by atoms with van der Waals surface area (Å²) in [6.45, 7) is 4.76. The molecule has 0 spiro atoms. The second-order valence-corrected chi connectivity index (χ2v) is 6.00. The summed E-state index contributed by atoms with van der Waals surface area (Å²) in [7, 11) is 1.56. The fraction of sp³-hybridized carbons (Fsp3) is 0.381. The van der Waals surface area contributed by atoms with Crippen LogP contribution in [0.3, 0.4) is 0 Å². The molecule has 0 atom stereocenters. The number of rotatable bonds is 10. The minimum atomic E-state index is 0.484. The molecule has 4 nitrogen and oxygen atoms in total. The molecule has 0 aliphatic heterocycles. The number of hydrogen-bond donors (Lipinski definition) is 0. The first-order valence-corrected chi connectivity index (χ1v) is 8.72. The second kappa shape index (κ2) is 9.72. The predicted octanol–water partition coefficient (Wildman–Crippen LogP) is 5.57. The molecule has 0 aliphatic carbocycles. The van der Waals surface area contributed by atoms with Gasteiger partial charge in [-0.1, -0.05) is 38.3 Å². The number of hydrogen-bond acceptors (Lipinski definition) is 4. The van der Waals surface area contributed by atoms with Gasteiger partial charge in [-0.2, -0.15) is 0 Å². The van der Waals surface area contributed by atoms with Crippen molar-refractivity contribution >= 4 is 6.29 Å². The Morgan fingerprint density at radius 1 is 1.04 bits per heavy atom. The Balaban J connectivity index is 2.25. The molecule has 4 heteroatoms. The summed E-state index contributed by atoms with van der Waals surface area (Å²) in [6, 6.07) is 11.1. The lowest BCUT2D eigenvalue weighted by atomic mass is 10.2. The van der Waals surface area contributed by atoms with Gasteiger partial charge in [0.15, 0.2) is 11.5 Å². The molecule has 0 aromatic heterocycles. The van der Waals surface area contributed by atoms with Gasteiger partial charge in [0.1, 0.15) is 12.0 Å². The van der Waals surface area contributed by atoms with E-state index in [2.05, 4.69) is 6.92 Å². The van der Waals surface area contributed by atoms with Gasteiger partial charge < -0.3 is 14.2 Å². The first-order valence-electron chi connectivity index (χ1n) is 8.72. The van der Waals surface area contributed by atoms with Crippen molar-refractivity contribution in [2.75, 3.05) is 13.7 Å². The SMILES string of the molecule is CCCCCCOc1c(OC)cc(C=O)cc1Oc1cccc(C)c1. The van der Waals surface area contributed by atoms with Crippen molar-refractivity contribution < 1.29 is 19.0 Å². The lowest BCUT2D eigenvalue weighted by Gasteiger charge is -2.16. The van der Waals surface area contributed by atoms with Crippen LogP contribution < -0.4 is 14.2 Å². The average Bonchev–Trinajstić information content (AvgIpc) is 2.62. The van der Waals surface area contributed by atoms with E-state index in [-0.39, 0.29) is 0 Å². The predicted molar refractivity (Wildman–Crippen MR) is 99.3 cm³/mol. The van der Waals surface area contributed by atoms with E-state index in [0.29, 0.717) is 35.2 Å². The molecule has 0 heterocycles. The third kappa shape index (κ3) is 5.52. The normalized spacial score (nSPS) is 10.4. The molecule has 0 bridgehead atoms. The first kappa shape index (κ1) is 18.8. The van der Waals surface area contributed by atoms with E-state index in [4.69, 9.17) is 14.2 Å². The van der Waals surface area contributed by atoms with Gasteiger partial charge in [0.25, 0.3) is 0 Å². The molecule has 2 aromatic carbocycles. The van der Waals surface area contributed by atoms with Crippen molar-refractivity contribution in [2.45, 2.75) is 39.5 Å². The van der Waals surface area contributed by atoms with E-state index in [9.17, 15) is 4.79 Å². The molecule has 0 unspecified atom stereocenters. The quantitative estimate of drug-likeness (QED) is 0.418. The van der Waals surface area contributed by atoms with Crippen LogP contribution in [0.25, 0.3) is 0 Å². The largest absolute Gasteiger partial charge is 0.493 e. The molecule has 0 aliphatic rings. The average molecular weight is 342 g/mol. The van der Waals surface area contributed by atoms with Crippen LogP contribution in [0, 0.1) is 6.92 Å². The number of methoxy groups -OCH3 is 1. The van der Waals surface area contributed by atoms with Crippen molar-refractivity contribution in [3.63, 3.8) is 0 Å². The number of carbonyl (C=O) groups is 1. The lowest BCUT2D eigenvalue weighted by molar-refractivity contribution is 0.112. The number of aryl methyl sites for hydroxylation is 1. The van der Waals surface area contributed by atoms with Gasteiger partial charge in [0.2, 0.25) is 5.75 Å². The van der Waals surface area contributed by atoms with E-state index >= 15 is 0 Å². The highest BCUT2D eigenvalue weighted by molar-refractivity contribution is 5.78. The Morgan fingerprint density at radius 3 is 2.52 bits per heavy atom. The van der Waals surface area contributed by atoms with Gasteiger partial charge in [-0.25, -0.2) is 0 Å². The third-order valence-electron chi connectivity index (χ3n) is 3.86. The zero-order valence-corrected chi connectivity index (χ0v) is 15.2. The van der Waals surface area contributed by atoms with Gasteiger partial charge >= 0.3 is 0 Å². The Morgan fingerprint density at radius 2 is 1.84 bits per heavy atom. The van der Waals surface area contributed by atoms with Gasteiger partial charge in [-0.3, -0.25) is 4.79 Å².